The Kier molecular flexibility index (Phi) is 3.58. The van der Waals surface area contributed by atoms with Crippen LogP contribution >= 0.6 is 11.6 Å². The van der Waals surface area contributed by atoms with Gasteiger partial charge in [0, 0.05) is 18.8 Å². The van der Waals surface area contributed by atoms with E-state index < -0.39 is 0 Å². The van der Waals surface area contributed by atoms with Crippen molar-refractivity contribution in [3.05, 3.63) is 41.0 Å². The fraction of sp³-hybridized carbons (Fsp3) is 0.294. The van der Waals surface area contributed by atoms with Crippen LogP contribution in [-0.4, -0.2) is 28.0 Å². The number of rotatable bonds is 3. The number of aromatic amines is 1. The summed E-state index contributed by atoms with van der Waals surface area (Å²) in [5.74, 6) is 1.56. The van der Waals surface area contributed by atoms with E-state index in [9.17, 15) is 0 Å². The van der Waals surface area contributed by atoms with E-state index in [4.69, 9.17) is 16.6 Å². The molecule has 0 unspecified atom stereocenters. The monoisotopic (exact) mass is 327 g/mol. The molecule has 1 aromatic carbocycles. The summed E-state index contributed by atoms with van der Waals surface area (Å²) in [4.78, 5) is 15.0. The van der Waals surface area contributed by atoms with E-state index in [1.807, 2.05) is 31.2 Å². The van der Waals surface area contributed by atoms with Crippen LogP contribution < -0.4 is 10.2 Å². The maximum absolute atomic E-state index is 6.27. The Bertz CT molecular complexity index is 851. The molecule has 0 spiro atoms. The molecule has 5 nitrogen and oxygen atoms in total. The van der Waals surface area contributed by atoms with Crippen LogP contribution in [0.25, 0.3) is 11.0 Å². The molecule has 3 heterocycles. The summed E-state index contributed by atoms with van der Waals surface area (Å²) in [6.07, 6.45) is 2.39. The zero-order valence-corrected chi connectivity index (χ0v) is 13.7. The summed E-state index contributed by atoms with van der Waals surface area (Å²) in [7, 11) is 0. The second kappa shape index (κ2) is 5.74. The summed E-state index contributed by atoms with van der Waals surface area (Å²) in [5, 5.41) is 5.02. The average molecular weight is 328 g/mol. The topological polar surface area (TPSA) is 56.8 Å². The van der Waals surface area contributed by atoms with Crippen LogP contribution in [0.4, 0.5) is 17.5 Å². The molecule has 118 valence electrons. The number of H-pyrrole nitrogens is 1. The van der Waals surface area contributed by atoms with Crippen molar-refractivity contribution in [1.82, 2.24) is 15.0 Å². The van der Waals surface area contributed by atoms with Crippen molar-refractivity contribution in [1.29, 1.82) is 0 Å². The number of nitrogens with one attached hydrogen (secondary N) is 2. The normalized spacial score (nSPS) is 14.6. The lowest BCUT2D eigenvalue weighted by molar-refractivity contribution is 0.907. The van der Waals surface area contributed by atoms with Gasteiger partial charge >= 0.3 is 0 Å². The Morgan fingerprint density at radius 1 is 1.17 bits per heavy atom. The largest absolute Gasteiger partial charge is 0.343 e. The van der Waals surface area contributed by atoms with Gasteiger partial charge in [0.25, 0.3) is 0 Å². The molecule has 3 aromatic rings. The SMILES string of the molecule is Cc1cc2c(Nc3ccccc3Cl)nc(N3CCCC3)nc2[nH]1. The van der Waals surface area contributed by atoms with Gasteiger partial charge < -0.3 is 15.2 Å². The fourth-order valence-electron chi connectivity index (χ4n) is 2.97. The minimum atomic E-state index is 0.675. The average Bonchev–Trinajstić information content (AvgIpc) is 3.18. The van der Waals surface area contributed by atoms with Gasteiger partial charge in [0.05, 0.1) is 16.1 Å². The Hall–Kier alpha value is -2.27. The summed E-state index contributed by atoms with van der Waals surface area (Å²) in [6.45, 7) is 4.05. The minimum Gasteiger partial charge on any atom is -0.343 e. The van der Waals surface area contributed by atoms with Gasteiger partial charge in [-0.3, -0.25) is 0 Å². The molecule has 0 amide bonds. The van der Waals surface area contributed by atoms with Crippen molar-refractivity contribution in [3.63, 3.8) is 0 Å². The first kappa shape index (κ1) is 14.3. The molecule has 1 saturated heterocycles. The number of aryl methyl sites for hydroxylation is 1. The predicted molar refractivity (Wildman–Crippen MR) is 94.8 cm³/mol. The highest BCUT2D eigenvalue weighted by Gasteiger charge is 2.18. The smallest absolute Gasteiger partial charge is 0.229 e. The van der Waals surface area contributed by atoms with Crippen molar-refractivity contribution < 1.29 is 0 Å². The number of hydrogen-bond acceptors (Lipinski definition) is 4. The quantitative estimate of drug-likeness (QED) is 0.754. The number of nitrogens with zero attached hydrogens (tertiary/aromatic N) is 3. The van der Waals surface area contributed by atoms with Gasteiger partial charge in [-0.1, -0.05) is 23.7 Å². The van der Waals surface area contributed by atoms with Crippen molar-refractivity contribution in [2.45, 2.75) is 19.8 Å². The van der Waals surface area contributed by atoms with Crippen molar-refractivity contribution >= 4 is 40.1 Å². The van der Waals surface area contributed by atoms with E-state index in [0.717, 1.165) is 47.3 Å². The van der Waals surface area contributed by atoms with Crippen LogP contribution in [0.15, 0.2) is 30.3 Å². The number of para-hydroxylation sites is 1. The molecule has 0 radical (unpaired) electrons. The lowest BCUT2D eigenvalue weighted by Crippen LogP contribution is -2.20. The van der Waals surface area contributed by atoms with Crippen LogP contribution in [0.5, 0.6) is 0 Å². The molecule has 4 rings (SSSR count). The van der Waals surface area contributed by atoms with E-state index in [1.54, 1.807) is 0 Å². The Morgan fingerprint density at radius 2 is 1.96 bits per heavy atom. The summed E-state index contributed by atoms with van der Waals surface area (Å²) in [5.41, 5.74) is 2.77. The summed E-state index contributed by atoms with van der Waals surface area (Å²) >= 11 is 6.27. The highest BCUT2D eigenvalue weighted by Crippen LogP contribution is 2.30. The first-order valence-corrected chi connectivity index (χ1v) is 8.22. The zero-order chi connectivity index (χ0) is 15.8. The third kappa shape index (κ3) is 2.72. The van der Waals surface area contributed by atoms with Crippen LogP contribution in [0.3, 0.4) is 0 Å². The van der Waals surface area contributed by atoms with Gasteiger partial charge in [-0.2, -0.15) is 9.97 Å². The number of fused-ring (bicyclic) bond motifs is 1. The Labute approximate surface area is 139 Å². The number of halogens is 1. The fourth-order valence-corrected chi connectivity index (χ4v) is 3.16. The lowest BCUT2D eigenvalue weighted by Gasteiger charge is -2.17. The number of hydrogen-bond donors (Lipinski definition) is 2. The Morgan fingerprint density at radius 3 is 2.74 bits per heavy atom. The first-order valence-electron chi connectivity index (χ1n) is 7.84. The predicted octanol–water partition coefficient (Wildman–Crippen LogP) is 4.26. The second-order valence-corrected chi connectivity index (χ2v) is 6.29. The molecular weight excluding hydrogens is 310 g/mol. The number of benzene rings is 1. The van der Waals surface area contributed by atoms with Gasteiger partial charge in [-0.15, -0.1) is 0 Å². The van der Waals surface area contributed by atoms with Crippen LogP contribution in [0.1, 0.15) is 18.5 Å². The van der Waals surface area contributed by atoms with E-state index in [1.165, 1.54) is 12.8 Å². The molecule has 1 aliphatic heterocycles. The van der Waals surface area contributed by atoms with Gasteiger partial charge in [-0.25, -0.2) is 0 Å². The standard InChI is InChI=1S/C17H18ClN5/c1-11-10-12-15(19-11)21-17(23-8-4-5-9-23)22-16(12)20-14-7-3-2-6-13(14)18/h2-3,6-7,10H,4-5,8-9H2,1H3,(H2,19,20,21,22). The van der Waals surface area contributed by atoms with Gasteiger partial charge in [0.15, 0.2) is 0 Å². The molecule has 1 fully saturated rings. The van der Waals surface area contributed by atoms with Crippen molar-refractivity contribution in [2.24, 2.45) is 0 Å². The van der Waals surface area contributed by atoms with Gasteiger partial charge in [0.2, 0.25) is 5.95 Å². The third-order valence-electron chi connectivity index (χ3n) is 4.13. The van der Waals surface area contributed by atoms with Gasteiger partial charge in [-0.05, 0) is 38.0 Å². The van der Waals surface area contributed by atoms with E-state index >= 15 is 0 Å². The van der Waals surface area contributed by atoms with Crippen molar-refractivity contribution in [2.75, 3.05) is 23.3 Å². The van der Waals surface area contributed by atoms with E-state index in [0.29, 0.717) is 5.02 Å². The minimum absolute atomic E-state index is 0.675. The molecule has 0 saturated carbocycles. The van der Waals surface area contributed by atoms with E-state index in [-0.39, 0.29) is 0 Å². The summed E-state index contributed by atoms with van der Waals surface area (Å²) in [6, 6.07) is 9.75. The van der Waals surface area contributed by atoms with Crippen molar-refractivity contribution in [3.8, 4) is 0 Å². The molecular formula is C17H18ClN5. The lowest BCUT2D eigenvalue weighted by atomic mass is 10.3. The molecule has 6 heteroatoms. The molecule has 0 atom stereocenters. The van der Waals surface area contributed by atoms with Gasteiger partial charge in [0.1, 0.15) is 11.5 Å². The van der Waals surface area contributed by atoms with Crippen LogP contribution in [0.2, 0.25) is 5.02 Å². The molecule has 0 aliphatic carbocycles. The third-order valence-corrected chi connectivity index (χ3v) is 4.46. The second-order valence-electron chi connectivity index (χ2n) is 5.89. The number of anilines is 3. The van der Waals surface area contributed by atoms with Crippen LogP contribution in [-0.2, 0) is 0 Å². The molecule has 2 aromatic heterocycles. The maximum Gasteiger partial charge on any atom is 0.229 e. The molecule has 1 aliphatic rings. The summed E-state index contributed by atoms with van der Waals surface area (Å²) < 4.78 is 0. The van der Waals surface area contributed by atoms with E-state index in [2.05, 4.69) is 26.3 Å². The Balaban J connectivity index is 1.81. The molecule has 0 bridgehead atoms. The first-order chi connectivity index (χ1) is 11.2. The molecule has 23 heavy (non-hydrogen) atoms. The number of aromatic nitrogens is 3. The van der Waals surface area contributed by atoms with Crippen LogP contribution in [0, 0.1) is 6.92 Å². The maximum atomic E-state index is 6.27. The zero-order valence-electron chi connectivity index (χ0n) is 12.9. The molecule has 2 N–H and O–H groups in total. The highest BCUT2D eigenvalue weighted by atomic mass is 35.5. The highest BCUT2D eigenvalue weighted by molar-refractivity contribution is 6.33.